The highest BCUT2D eigenvalue weighted by molar-refractivity contribution is 6.13. The summed E-state index contributed by atoms with van der Waals surface area (Å²) in [6.45, 7) is 12.3. The number of benzene rings is 6. The van der Waals surface area contributed by atoms with E-state index in [2.05, 4.69) is 77.9 Å². The summed E-state index contributed by atoms with van der Waals surface area (Å²) in [5.74, 6) is 1.64. The molecule has 6 nitrogen and oxygen atoms in total. The molecule has 0 saturated carbocycles. The van der Waals surface area contributed by atoms with E-state index >= 15 is 0 Å². The van der Waals surface area contributed by atoms with E-state index in [0.717, 1.165) is 55.2 Å². The van der Waals surface area contributed by atoms with Crippen molar-refractivity contribution in [1.29, 1.82) is 0 Å². The van der Waals surface area contributed by atoms with Crippen molar-refractivity contribution in [3.63, 3.8) is 0 Å². The molecule has 0 saturated heterocycles. The topological polar surface area (TPSA) is 83.6 Å². The largest absolute Gasteiger partial charge is 0.507 e. The first-order valence-electron chi connectivity index (χ1n) is 16.7. The van der Waals surface area contributed by atoms with E-state index in [1.165, 1.54) is 0 Å². The van der Waals surface area contributed by atoms with Crippen molar-refractivity contribution in [2.45, 2.75) is 52.4 Å². The third kappa shape index (κ3) is 6.66. The number of hydrogen-bond donors (Lipinski definition) is 2. The number of hydrogen-bond acceptors (Lipinski definition) is 6. The number of methoxy groups -OCH3 is 2. The Morgan fingerprint density at radius 2 is 0.900 bits per heavy atom. The molecule has 0 aliphatic carbocycles. The average Bonchev–Trinajstić information content (AvgIpc) is 3.09. The van der Waals surface area contributed by atoms with Crippen LogP contribution in [0, 0.1) is 0 Å². The third-order valence-electron chi connectivity index (χ3n) is 9.06. The average molecular weight is 665 g/mol. The summed E-state index contributed by atoms with van der Waals surface area (Å²) in [5, 5.41) is 26.9. The van der Waals surface area contributed by atoms with Crippen LogP contribution < -0.4 is 9.47 Å². The maximum atomic E-state index is 11.4. The number of fused-ring (bicyclic) bond motifs is 2. The van der Waals surface area contributed by atoms with Crippen LogP contribution in [0.1, 0.15) is 63.8 Å². The Hall–Kier alpha value is -5.62. The van der Waals surface area contributed by atoms with Gasteiger partial charge in [0, 0.05) is 45.8 Å². The molecule has 0 fully saturated rings. The summed E-state index contributed by atoms with van der Waals surface area (Å²) in [5.41, 5.74) is 5.31. The van der Waals surface area contributed by atoms with E-state index in [1.54, 1.807) is 38.8 Å². The van der Waals surface area contributed by atoms with E-state index in [9.17, 15) is 10.2 Å². The van der Waals surface area contributed by atoms with Crippen LogP contribution in [0.3, 0.4) is 0 Å². The Balaban J connectivity index is 1.61. The van der Waals surface area contributed by atoms with Crippen LogP contribution in [-0.2, 0) is 10.8 Å². The highest BCUT2D eigenvalue weighted by Gasteiger charge is 2.23. The molecule has 6 rings (SSSR count). The molecule has 2 N–H and O–H groups in total. The molecule has 0 radical (unpaired) electrons. The van der Waals surface area contributed by atoms with Gasteiger partial charge < -0.3 is 19.7 Å². The lowest BCUT2D eigenvalue weighted by Crippen LogP contribution is -2.12. The maximum Gasteiger partial charge on any atom is 0.128 e. The molecule has 0 aliphatic heterocycles. The molecule has 6 heteroatoms. The predicted octanol–water partition coefficient (Wildman–Crippen LogP) is 11.2. The number of nitrogens with zero attached hydrogens (tertiary/aromatic N) is 2. The maximum absolute atomic E-state index is 11.4. The molecule has 6 aromatic rings. The molecule has 0 spiro atoms. The normalized spacial score (nSPS) is 12.4. The van der Waals surface area contributed by atoms with Gasteiger partial charge in [-0.3, -0.25) is 9.98 Å². The van der Waals surface area contributed by atoms with Crippen molar-refractivity contribution in [2.24, 2.45) is 9.98 Å². The lowest BCUT2D eigenvalue weighted by Gasteiger charge is -2.22. The van der Waals surface area contributed by atoms with Crippen molar-refractivity contribution in [1.82, 2.24) is 0 Å². The zero-order chi connectivity index (χ0) is 35.8. The fourth-order valence-corrected chi connectivity index (χ4v) is 6.37. The van der Waals surface area contributed by atoms with Crippen LogP contribution in [0.2, 0.25) is 0 Å². The molecule has 6 aromatic carbocycles. The van der Waals surface area contributed by atoms with Gasteiger partial charge in [0.05, 0.1) is 25.6 Å². The lowest BCUT2D eigenvalue weighted by atomic mass is 9.85. The van der Waals surface area contributed by atoms with Gasteiger partial charge in [0.15, 0.2) is 0 Å². The van der Waals surface area contributed by atoms with Gasteiger partial charge in [-0.25, -0.2) is 0 Å². The van der Waals surface area contributed by atoms with E-state index in [-0.39, 0.29) is 22.3 Å². The molecule has 254 valence electrons. The van der Waals surface area contributed by atoms with Gasteiger partial charge in [-0.2, -0.15) is 0 Å². The SMILES string of the molecule is COc1cc(C=Nc2ccc3ccccc3c2-c2c(N=Cc3cc(OC)cc(C(C)(C)C)c3O)ccc3ccccc23)c(O)c(C(C)(C)C)c1. The Kier molecular flexibility index (Phi) is 9.15. The van der Waals surface area contributed by atoms with Crippen LogP contribution >= 0.6 is 0 Å². The molecule has 0 amide bonds. The molecule has 0 heterocycles. The first kappa shape index (κ1) is 34.3. The minimum absolute atomic E-state index is 0.174. The van der Waals surface area contributed by atoms with Crippen LogP contribution in [0.5, 0.6) is 23.0 Å². The van der Waals surface area contributed by atoms with Crippen LogP contribution in [0.15, 0.2) is 107 Å². The fourth-order valence-electron chi connectivity index (χ4n) is 6.37. The van der Waals surface area contributed by atoms with Gasteiger partial charge in [-0.15, -0.1) is 0 Å². The van der Waals surface area contributed by atoms with Crippen molar-refractivity contribution in [2.75, 3.05) is 14.2 Å². The second-order valence-corrected chi connectivity index (χ2v) is 14.6. The van der Waals surface area contributed by atoms with Crippen LogP contribution in [0.25, 0.3) is 32.7 Å². The van der Waals surface area contributed by atoms with Gasteiger partial charge in [-0.1, -0.05) is 102 Å². The van der Waals surface area contributed by atoms with E-state index in [1.807, 2.05) is 48.5 Å². The summed E-state index contributed by atoms with van der Waals surface area (Å²) in [4.78, 5) is 10.1. The number of ether oxygens (including phenoxy) is 2. The van der Waals surface area contributed by atoms with Crippen LogP contribution in [0.4, 0.5) is 11.4 Å². The van der Waals surface area contributed by atoms with Crippen molar-refractivity contribution >= 4 is 45.3 Å². The predicted molar refractivity (Wildman–Crippen MR) is 208 cm³/mol. The summed E-state index contributed by atoms with van der Waals surface area (Å²) >= 11 is 0. The van der Waals surface area contributed by atoms with Crippen molar-refractivity contribution in [3.8, 4) is 34.1 Å². The summed E-state index contributed by atoms with van der Waals surface area (Å²) in [6.07, 6.45) is 3.41. The lowest BCUT2D eigenvalue weighted by molar-refractivity contribution is 0.405. The number of aliphatic imine (C=N–C) groups is 2. The highest BCUT2D eigenvalue weighted by Crippen LogP contribution is 2.46. The third-order valence-corrected chi connectivity index (χ3v) is 9.06. The highest BCUT2D eigenvalue weighted by atomic mass is 16.5. The zero-order valence-corrected chi connectivity index (χ0v) is 30.0. The number of phenols is 2. The summed E-state index contributed by atoms with van der Waals surface area (Å²) in [7, 11) is 3.25. The second-order valence-electron chi connectivity index (χ2n) is 14.6. The smallest absolute Gasteiger partial charge is 0.128 e. The molecule has 0 aliphatic rings. The van der Waals surface area contributed by atoms with Gasteiger partial charge in [0.2, 0.25) is 0 Å². The van der Waals surface area contributed by atoms with Gasteiger partial charge >= 0.3 is 0 Å². The van der Waals surface area contributed by atoms with Crippen molar-refractivity contribution < 1.29 is 19.7 Å². The number of rotatable bonds is 7. The van der Waals surface area contributed by atoms with Gasteiger partial charge in [0.1, 0.15) is 23.0 Å². The molecule has 0 aromatic heterocycles. The fraction of sp³-hybridized carbons (Fsp3) is 0.227. The summed E-state index contributed by atoms with van der Waals surface area (Å²) < 4.78 is 11.2. The van der Waals surface area contributed by atoms with E-state index in [0.29, 0.717) is 22.6 Å². The zero-order valence-electron chi connectivity index (χ0n) is 30.0. The second kappa shape index (κ2) is 13.4. The minimum atomic E-state index is -0.309. The number of phenolic OH excluding ortho intramolecular Hbond substituents is 2. The summed E-state index contributed by atoms with van der Waals surface area (Å²) in [6, 6.07) is 32.0. The molecule has 50 heavy (non-hydrogen) atoms. The van der Waals surface area contributed by atoms with E-state index < -0.39 is 0 Å². The Morgan fingerprint density at radius 1 is 0.520 bits per heavy atom. The molecule has 0 atom stereocenters. The standard InChI is InChI=1S/C44H44N2O4/c1-43(2,3)35-23-31(49-7)21-29(41(35)47)25-45-37-19-17-27-13-9-11-15-33(27)39(37)40-34-16-12-10-14-28(34)18-20-38(40)46-26-30-22-32(50-8)24-36(42(30)48)44(4,5)6/h9-26,47-48H,1-8H3. The Morgan fingerprint density at radius 3 is 1.26 bits per heavy atom. The van der Waals surface area contributed by atoms with Gasteiger partial charge in [-0.05, 0) is 68.8 Å². The van der Waals surface area contributed by atoms with E-state index in [4.69, 9.17) is 19.5 Å². The number of aromatic hydroxyl groups is 2. The quantitative estimate of drug-likeness (QED) is 0.166. The van der Waals surface area contributed by atoms with Crippen LogP contribution in [-0.4, -0.2) is 36.9 Å². The van der Waals surface area contributed by atoms with Gasteiger partial charge in [0.25, 0.3) is 0 Å². The minimum Gasteiger partial charge on any atom is -0.507 e. The molecular formula is C44H44N2O4. The van der Waals surface area contributed by atoms with Crippen molar-refractivity contribution in [3.05, 3.63) is 119 Å². The molecular weight excluding hydrogens is 620 g/mol. The Labute approximate surface area is 294 Å². The Bertz CT molecular complexity index is 2130. The first-order valence-corrected chi connectivity index (χ1v) is 16.7. The monoisotopic (exact) mass is 664 g/mol. The molecule has 0 bridgehead atoms. The molecule has 0 unspecified atom stereocenters. The first-order chi connectivity index (χ1) is 23.8.